The van der Waals surface area contributed by atoms with E-state index in [-0.39, 0.29) is 40.1 Å². The number of amides is 4. The normalized spacial score (nSPS) is 21.5. The Kier molecular flexibility index (Phi) is 8.75. The number of ether oxygens (including phenoxy) is 1. The number of hydrogen-bond acceptors (Lipinski definition) is 13. The SMILES string of the molecule is COc1cc(Cn2cccn2)cc2onc(NS(=O)(=O)c3ccccc3N3CC4(CN(CC5CCN(c6ccc7c(c6)C(=O)N(C6CCC(=O)NC6=O)C7=O)C5)C4)C3)c12. The van der Waals surface area contributed by atoms with Gasteiger partial charge in [0.25, 0.3) is 21.8 Å². The number of rotatable bonds is 11. The Bertz CT molecular complexity index is 2650. The average Bonchev–Trinajstić information content (AvgIpc) is 4.01. The van der Waals surface area contributed by atoms with E-state index in [1.807, 2.05) is 36.5 Å². The van der Waals surface area contributed by atoms with E-state index in [0.717, 1.165) is 68.4 Å². The van der Waals surface area contributed by atoms with Crippen molar-refractivity contribution in [1.29, 1.82) is 0 Å². The minimum Gasteiger partial charge on any atom is -0.496 e. The van der Waals surface area contributed by atoms with Crippen molar-refractivity contribution in [2.45, 2.75) is 36.7 Å². The molecule has 5 aliphatic rings. The van der Waals surface area contributed by atoms with Gasteiger partial charge in [-0.2, -0.15) is 5.10 Å². The van der Waals surface area contributed by atoms with Crippen molar-refractivity contribution in [2.24, 2.45) is 11.3 Å². The zero-order valence-corrected chi connectivity index (χ0v) is 33.0. The minimum atomic E-state index is -4.07. The molecule has 0 bridgehead atoms. The summed E-state index contributed by atoms with van der Waals surface area (Å²) in [6, 6.07) is 16.7. The number of nitrogens with one attached hydrogen (secondary N) is 2. The lowest BCUT2D eigenvalue weighted by atomic mass is 9.72. The zero-order valence-electron chi connectivity index (χ0n) is 32.2. The molecule has 0 saturated carbocycles. The van der Waals surface area contributed by atoms with Crippen LogP contribution in [0.3, 0.4) is 0 Å². The van der Waals surface area contributed by atoms with Crippen molar-refractivity contribution in [3.8, 4) is 5.75 Å². The molecule has 2 N–H and O–H groups in total. The average molecular weight is 820 g/mol. The van der Waals surface area contributed by atoms with Crippen LogP contribution in [0.5, 0.6) is 5.75 Å². The van der Waals surface area contributed by atoms with Gasteiger partial charge in [0, 0.05) is 75.7 Å². The number of aromatic nitrogens is 3. The molecule has 7 heterocycles. The Morgan fingerprint density at radius 3 is 2.54 bits per heavy atom. The van der Waals surface area contributed by atoms with E-state index in [0.29, 0.717) is 34.9 Å². The summed E-state index contributed by atoms with van der Waals surface area (Å²) in [5.41, 5.74) is 3.39. The topological polar surface area (TPSA) is 193 Å². The largest absolute Gasteiger partial charge is 0.496 e. The van der Waals surface area contributed by atoms with E-state index in [2.05, 4.69) is 35.0 Å². The number of carbonyl (C=O) groups excluding carboxylic acids is 4. The maximum Gasteiger partial charge on any atom is 0.265 e. The van der Waals surface area contributed by atoms with Crippen molar-refractivity contribution in [3.63, 3.8) is 0 Å². The molecule has 18 heteroatoms. The number of likely N-dealkylation sites (tertiary alicyclic amines) is 1. The van der Waals surface area contributed by atoms with E-state index in [1.165, 1.54) is 7.11 Å². The number of fused-ring (bicyclic) bond motifs is 2. The summed E-state index contributed by atoms with van der Waals surface area (Å²) < 4.78 is 43.5. The third-order valence-electron chi connectivity index (χ3n) is 12.2. The summed E-state index contributed by atoms with van der Waals surface area (Å²) in [7, 11) is -2.55. The van der Waals surface area contributed by atoms with Crippen LogP contribution in [0.4, 0.5) is 17.2 Å². The summed E-state index contributed by atoms with van der Waals surface area (Å²) in [5.74, 6) is -1.14. The summed E-state index contributed by atoms with van der Waals surface area (Å²) in [5, 5.41) is 11.0. The molecule has 10 rings (SSSR count). The summed E-state index contributed by atoms with van der Waals surface area (Å²) >= 11 is 0. The van der Waals surface area contributed by atoms with E-state index in [9.17, 15) is 27.6 Å². The summed E-state index contributed by atoms with van der Waals surface area (Å²) in [6.45, 7) is 6.36. The van der Waals surface area contributed by atoms with Crippen LogP contribution >= 0.6 is 0 Å². The molecule has 2 aromatic heterocycles. The molecule has 0 aliphatic carbocycles. The van der Waals surface area contributed by atoms with Crippen LogP contribution in [-0.4, -0.2) is 116 Å². The number of anilines is 3. The maximum atomic E-state index is 14.0. The first-order chi connectivity index (χ1) is 28.5. The first kappa shape index (κ1) is 37.0. The number of imide groups is 2. The molecule has 5 aromatic rings. The van der Waals surface area contributed by atoms with Gasteiger partial charge >= 0.3 is 0 Å². The minimum absolute atomic E-state index is 0.0497. The Balaban J connectivity index is 0.750. The monoisotopic (exact) mass is 819 g/mol. The third-order valence-corrected chi connectivity index (χ3v) is 13.6. The Morgan fingerprint density at radius 2 is 1.76 bits per heavy atom. The summed E-state index contributed by atoms with van der Waals surface area (Å²) in [6.07, 6.45) is 4.72. The molecule has 3 aromatic carbocycles. The first-order valence-electron chi connectivity index (χ1n) is 19.6. The van der Waals surface area contributed by atoms with E-state index in [1.54, 1.807) is 41.2 Å². The smallest absolute Gasteiger partial charge is 0.265 e. The van der Waals surface area contributed by atoms with Gasteiger partial charge in [0.1, 0.15) is 22.1 Å². The number of piperidine rings is 1. The quantitative estimate of drug-likeness (QED) is 0.185. The Morgan fingerprint density at radius 1 is 0.949 bits per heavy atom. The van der Waals surface area contributed by atoms with Crippen LogP contribution in [0.1, 0.15) is 45.5 Å². The van der Waals surface area contributed by atoms with Crippen molar-refractivity contribution in [1.82, 2.24) is 30.1 Å². The predicted octanol–water partition coefficient (Wildman–Crippen LogP) is 2.93. The van der Waals surface area contributed by atoms with Crippen molar-refractivity contribution in [3.05, 3.63) is 89.7 Å². The van der Waals surface area contributed by atoms with Gasteiger partial charge in [-0.25, -0.2) is 8.42 Å². The lowest BCUT2D eigenvalue weighted by molar-refractivity contribution is -0.136. The molecule has 304 valence electrons. The molecule has 1 spiro atoms. The molecule has 4 saturated heterocycles. The maximum absolute atomic E-state index is 14.0. The van der Waals surface area contributed by atoms with Crippen LogP contribution in [0.2, 0.25) is 0 Å². The van der Waals surface area contributed by atoms with Gasteiger partial charge in [0.2, 0.25) is 11.8 Å². The number of para-hydroxylation sites is 1. The zero-order chi connectivity index (χ0) is 40.6. The number of carbonyl (C=O) groups is 4. The van der Waals surface area contributed by atoms with E-state index < -0.39 is 39.7 Å². The molecule has 2 unspecified atom stereocenters. The van der Waals surface area contributed by atoms with Crippen molar-refractivity contribution < 1.29 is 36.9 Å². The van der Waals surface area contributed by atoms with E-state index >= 15 is 0 Å². The molecule has 4 amide bonds. The third kappa shape index (κ3) is 6.46. The second-order valence-electron chi connectivity index (χ2n) is 16.3. The highest BCUT2D eigenvalue weighted by molar-refractivity contribution is 7.93. The van der Waals surface area contributed by atoms with Crippen molar-refractivity contribution >= 4 is 61.8 Å². The highest BCUT2D eigenvalue weighted by atomic mass is 32.2. The fourth-order valence-electron chi connectivity index (χ4n) is 9.52. The molecule has 59 heavy (non-hydrogen) atoms. The van der Waals surface area contributed by atoms with Gasteiger partial charge in [0.05, 0.1) is 30.5 Å². The van der Waals surface area contributed by atoms with Crippen molar-refractivity contribution in [2.75, 3.05) is 67.4 Å². The predicted molar refractivity (Wildman–Crippen MR) is 214 cm³/mol. The second kappa shape index (κ2) is 13.9. The van der Waals surface area contributed by atoms with Crippen LogP contribution in [-0.2, 0) is 26.2 Å². The molecule has 5 aliphatic heterocycles. The number of sulfonamides is 1. The lowest BCUT2D eigenvalue weighted by Gasteiger charge is -2.61. The van der Waals surface area contributed by atoms with Gasteiger partial charge in [-0.3, -0.25) is 38.8 Å². The highest BCUT2D eigenvalue weighted by Crippen LogP contribution is 2.45. The van der Waals surface area contributed by atoms with Crippen LogP contribution in [0.15, 0.2) is 82.5 Å². The fourth-order valence-corrected chi connectivity index (χ4v) is 10.8. The van der Waals surface area contributed by atoms with Gasteiger partial charge in [-0.05, 0) is 72.9 Å². The number of benzene rings is 3. The van der Waals surface area contributed by atoms with Gasteiger partial charge in [-0.15, -0.1) is 0 Å². The lowest BCUT2D eigenvalue weighted by Crippen LogP contribution is -2.72. The standard InChI is InChI=1S/C41H41N9O8S/c1-57-32-15-26(20-49-13-4-12-42-49)16-33-36(32)37(44-58-33)45-59(55,56)34-6-3-2-5-30(34)48-23-41(24-48)21-46(22-41)18-25-11-14-47(19-25)27-7-8-28-29(17-27)40(54)50(39(28)53)31-9-10-35(51)43-38(31)52/h2-8,12-13,15-17,25,31H,9-11,14,18-24H2,1H3,(H,44,45)(H,43,51,52). The molecule has 0 radical (unpaired) electrons. The molecule has 4 fully saturated rings. The van der Waals surface area contributed by atoms with Gasteiger partial charge < -0.3 is 24.0 Å². The molecular formula is C41H41N9O8S. The fraction of sp³-hybridized carbons (Fsp3) is 0.366. The van der Waals surface area contributed by atoms with Gasteiger partial charge in [0.15, 0.2) is 11.4 Å². The summed E-state index contributed by atoms with van der Waals surface area (Å²) in [4.78, 5) is 58.6. The Hall–Kier alpha value is -6.27. The molecule has 2 atom stereocenters. The van der Waals surface area contributed by atoms with Crippen LogP contribution in [0.25, 0.3) is 11.0 Å². The highest BCUT2D eigenvalue weighted by Gasteiger charge is 2.53. The van der Waals surface area contributed by atoms with Crippen LogP contribution in [0, 0.1) is 11.3 Å². The number of nitrogens with zero attached hydrogens (tertiary/aromatic N) is 7. The molecular weight excluding hydrogens is 779 g/mol. The Labute approximate surface area is 338 Å². The number of hydrogen-bond donors (Lipinski definition) is 2. The molecule has 17 nitrogen and oxygen atoms in total. The second-order valence-corrected chi connectivity index (χ2v) is 17.9. The van der Waals surface area contributed by atoms with Crippen LogP contribution < -0.4 is 24.6 Å². The van der Waals surface area contributed by atoms with Gasteiger partial charge in [-0.1, -0.05) is 17.3 Å². The van der Waals surface area contributed by atoms with E-state index in [4.69, 9.17) is 9.26 Å². The number of methoxy groups -OCH3 is 1. The first-order valence-corrected chi connectivity index (χ1v) is 21.1.